The van der Waals surface area contributed by atoms with Gasteiger partial charge in [-0.2, -0.15) is 13.2 Å². The molecule has 0 saturated heterocycles. The van der Waals surface area contributed by atoms with Crippen molar-refractivity contribution in [3.63, 3.8) is 0 Å². The van der Waals surface area contributed by atoms with Gasteiger partial charge < -0.3 is 15.7 Å². The van der Waals surface area contributed by atoms with Crippen molar-refractivity contribution in [3.05, 3.63) is 29.8 Å². The smallest absolute Gasteiger partial charge is 0.391 e. The van der Waals surface area contributed by atoms with Crippen LogP contribution in [0, 0.1) is 0 Å². The normalized spacial score (nSPS) is 12.8. The van der Waals surface area contributed by atoms with E-state index in [0.29, 0.717) is 6.42 Å². The van der Waals surface area contributed by atoms with Crippen LogP contribution >= 0.6 is 0 Å². The minimum absolute atomic E-state index is 0.00532. The number of anilines is 1. The highest BCUT2D eigenvalue weighted by Crippen LogP contribution is 2.25. The molecule has 1 rings (SSSR count). The van der Waals surface area contributed by atoms with Crippen LogP contribution in [0.15, 0.2) is 24.3 Å². The number of rotatable bonds is 6. The van der Waals surface area contributed by atoms with E-state index < -0.39 is 24.7 Å². The van der Waals surface area contributed by atoms with Gasteiger partial charge in [0.25, 0.3) is 0 Å². The summed E-state index contributed by atoms with van der Waals surface area (Å²) in [5, 5.41) is 14.3. The van der Waals surface area contributed by atoms with E-state index in [0.717, 1.165) is 6.42 Å². The molecular weight excluding hydrogens is 285 g/mol. The van der Waals surface area contributed by atoms with Crippen molar-refractivity contribution in [1.82, 2.24) is 5.32 Å². The van der Waals surface area contributed by atoms with Gasteiger partial charge in [0.2, 0.25) is 0 Å². The number of amides is 2. The predicted octanol–water partition coefficient (Wildman–Crippen LogP) is 3.07. The Labute approximate surface area is 121 Å². The molecule has 1 atom stereocenters. The Morgan fingerprint density at radius 3 is 2.62 bits per heavy atom. The lowest BCUT2D eigenvalue weighted by molar-refractivity contribution is -0.127. The monoisotopic (exact) mass is 304 g/mol. The molecule has 7 heteroatoms. The zero-order valence-corrected chi connectivity index (χ0v) is 11.7. The molecule has 0 saturated carbocycles. The lowest BCUT2D eigenvalue weighted by atomic mass is 10.1. The Morgan fingerprint density at radius 1 is 1.33 bits per heavy atom. The number of para-hydroxylation sites is 1. The van der Waals surface area contributed by atoms with Crippen LogP contribution in [0.1, 0.15) is 25.3 Å². The van der Waals surface area contributed by atoms with Gasteiger partial charge in [0, 0.05) is 12.2 Å². The molecule has 0 bridgehead atoms. The molecule has 21 heavy (non-hydrogen) atoms. The number of halogens is 3. The third-order valence-corrected chi connectivity index (χ3v) is 2.78. The minimum atomic E-state index is -4.34. The first-order chi connectivity index (χ1) is 9.81. The summed E-state index contributed by atoms with van der Waals surface area (Å²) < 4.78 is 37.3. The number of aliphatic hydroxyl groups excluding tert-OH is 1. The molecule has 0 fully saturated rings. The molecule has 0 aliphatic heterocycles. The van der Waals surface area contributed by atoms with Gasteiger partial charge in [-0.3, -0.25) is 0 Å². The van der Waals surface area contributed by atoms with Crippen LogP contribution in [0.3, 0.4) is 0 Å². The largest absolute Gasteiger partial charge is 0.393 e. The van der Waals surface area contributed by atoms with E-state index in [9.17, 15) is 23.1 Å². The zero-order chi connectivity index (χ0) is 15.9. The van der Waals surface area contributed by atoms with Crippen molar-refractivity contribution in [1.29, 1.82) is 0 Å². The number of benzene rings is 1. The zero-order valence-electron chi connectivity index (χ0n) is 11.7. The molecule has 4 nitrogen and oxygen atoms in total. The fraction of sp³-hybridized carbons (Fsp3) is 0.500. The number of aliphatic hydroxyl groups is 1. The summed E-state index contributed by atoms with van der Waals surface area (Å²) in [6.07, 6.45) is -4.79. The summed E-state index contributed by atoms with van der Waals surface area (Å²) in [5.74, 6) is 0. The first-order valence-corrected chi connectivity index (χ1v) is 6.69. The van der Waals surface area contributed by atoms with E-state index in [4.69, 9.17) is 0 Å². The quantitative estimate of drug-likeness (QED) is 0.756. The fourth-order valence-electron chi connectivity index (χ4n) is 1.82. The van der Waals surface area contributed by atoms with Crippen molar-refractivity contribution < 1.29 is 23.1 Å². The second kappa shape index (κ2) is 7.87. The van der Waals surface area contributed by atoms with Gasteiger partial charge in [-0.1, -0.05) is 31.5 Å². The molecule has 1 aromatic rings. The topological polar surface area (TPSA) is 61.4 Å². The summed E-state index contributed by atoms with van der Waals surface area (Å²) >= 11 is 0. The maximum absolute atomic E-state index is 12.4. The predicted molar refractivity (Wildman–Crippen MR) is 74.1 cm³/mol. The number of nitrogens with one attached hydrogen (secondary N) is 2. The van der Waals surface area contributed by atoms with Gasteiger partial charge in [-0.15, -0.1) is 0 Å². The molecule has 0 aliphatic rings. The molecular formula is C14H19F3N2O2. The van der Waals surface area contributed by atoms with Crippen LogP contribution in [-0.4, -0.2) is 30.0 Å². The second-order valence-electron chi connectivity index (χ2n) is 4.73. The maximum atomic E-state index is 12.4. The SMILES string of the molecule is CCCC(O)CNC(=O)Nc1ccccc1CC(F)(F)F. The summed E-state index contributed by atoms with van der Waals surface area (Å²) in [6.45, 7) is 1.96. The van der Waals surface area contributed by atoms with Gasteiger partial charge in [-0.05, 0) is 18.1 Å². The molecule has 1 unspecified atom stereocenters. The van der Waals surface area contributed by atoms with Crippen LogP contribution in [-0.2, 0) is 6.42 Å². The lowest BCUT2D eigenvalue weighted by Gasteiger charge is -2.14. The van der Waals surface area contributed by atoms with Crippen molar-refractivity contribution >= 4 is 11.7 Å². The maximum Gasteiger partial charge on any atom is 0.393 e. The van der Waals surface area contributed by atoms with Crippen molar-refractivity contribution in [2.45, 2.75) is 38.5 Å². The van der Waals surface area contributed by atoms with Gasteiger partial charge in [0.15, 0.2) is 0 Å². The molecule has 3 N–H and O–H groups in total. The van der Waals surface area contributed by atoms with E-state index in [1.807, 2.05) is 6.92 Å². The van der Waals surface area contributed by atoms with Crippen LogP contribution in [0.25, 0.3) is 0 Å². The van der Waals surface area contributed by atoms with Crippen LogP contribution in [0.2, 0.25) is 0 Å². The molecule has 118 valence electrons. The molecule has 0 heterocycles. The van der Waals surface area contributed by atoms with Gasteiger partial charge in [-0.25, -0.2) is 4.79 Å². The van der Waals surface area contributed by atoms with E-state index in [2.05, 4.69) is 10.6 Å². The molecule has 0 spiro atoms. The Bertz CT molecular complexity index is 464. The Balaban J connectivity index is 2.60. The van der Waals surface area contributed by atoms with E-state index in [1.165, 1.54) is 18.2 Å². The summed E-state index contributed by atoms with van der Waals surface area (Å²) in [6, 6.07) is 5.11. The second-order valence-corrected chi connectivity index (χ2v) is 4.73. The standard InChI is InChI=1S/C14H19F3N2O2/c1-2-5-11(20)9-18-13(21)19-12-7-4-3-6-10(12)8-14(15,16)17/h3-4,6-7,11,20H,2,5,8-9H2,1H3,(H2,18,19,21). The molecule has 2 amide bonds. The minimum Gasteiger partial charge on any atom is -0.391 e. The molecule has 0 radical (unpaired) electrons. The fourth-order valence-corrected chi connectivity index (χ4v) is 1.82. The van der Waals surface area contributed by atoms with Crippen molar-refractivity contribution in [3.8, 4) is 0 Å². The summed E-state index contributed by atoms with van der Waals surface area (Å²) in [7, 11) is 0. The molecule has 1 aromatic carbocycles. The van der Waals surface area contributed by atoms with Crippen LogP contribution in [0.4, 0.5) is 23.7 Å². The van der Waals surface area contributed by atoms with Gasteiger partial charge in [0.05, 0.1) is 12.5 Å². The van der Waals surface area contributed by atoms with Crippen molar-refractivity contribution in [2.75, 3.05) is 11.9 Å². The Morgan fingerprint density at radius 2 is 2.00 bits per heavy atom. The first-order valence-electron chi connectivity index (χ1n) is 6.69. The highest BCUT2D eigenvalue weighted by molar-refractivity contribution is 5.90. The average Bonchev–Trinajstić information content (AvgIpc) is 2.37. The third-order valence-electron chi connectivity index (χ3n) is 2.78. The van der Waals surface area contributed by atoms with Crippen LogP contribution in [0.5, 0.6) is 0 Å². The number of carbonyl (C=O) groups excluding carboxylic acids is 1. The number of hydrogen-bond donors (Lipinski definition) is 3. The highest BCUT2D eigenvalue weighted by atomic mass is 19.4. The Kier molecular flexibility index (Phi) is 6.48. The van der Waals surface area contributed by atoms with Gasteiger partial charge >= 0.3 is 12.2 Å². The number of alkyl halides is 3. The first kappa shape index (κ1) is 17.3. The van der Waals surface area contributed by atoms with Crippen molar-refractivity contribution in [2.24, 2.45) is 0 Å². The number of hydrogen-bond acceptors (Lipinski definition) is 2. The lowest BCUT2D eigenvalue weighted by Crippen LogP contribution is -2.35. The highest BCUT2D eigenvalue weighted by Gasteiger charge is 2.28. The number of urea groups is 1. The Hall–Kier alpha value is -1.76. The van der Waals surface area contributed by atoms with E-state index >= 15 is 0 Å². The van der Waals surface area contributed by atoms with Gasteiger partial charge in [0.1, 0.15) is 0 Å². The molecule has 0 aromatic heterocycles. The summed E-state index contributed by atoms with van der Waals surface area (Å²) in [4.78, 5) is 11.6. The van der Waals surface area contributed by atoms with E-state index in [1.54, 1.807) is 6.07 Å². The van der Waals surface area contributed by atoms with Crippen LogP contribution < -0.4 is 10.6 Å². The van der Waals surface area contributed by atoms with E-state index in [-0.39, 0.29) is 17.8 Å². The average molecular weight is 304 g/mol. The molecule has 0 aliphatic carbocycles. The summed E-state index contributed by atoms with van der Waals surface area (Å²) in [5.41, 5.74) is 0.103. The third kappa shape index (κ3) is 6.99. The number of carbonyl (C=O) groups is 1.